The number of nitrogens with two attached hydrogens (primary N) is 1. The van der Waals surface area contributed by atoms with E-state index in [9.17, 15) is 0 Å². The van der Waals surface area contributed by atoms with Crippen molar-refractivity contribution in [3.63, 3.8) is 0 Å². The number of aryl methyl sites for hydroxylation is 1. The van der Waals surface area contributed by atoms with E-state index in [-0.39, 0.29) is 0 Å². The minimum absolute atomic E-state index is 0.659. The third-order valence-corrected chi connectivity index (χ3v) is 3.00. The monoisotopic (exact) mass is 240 g/mol. The first-order valence-corrected chi connectivity index (χ1v) is 6.00. The molecule has 0 fully saturated rings. The number of hydrogen-bond donors (Lipinski definition) is 1. The van der Waals surface area contributed by atoms with E-state index >= 15 is 0 Å². The highest BCUT2D eigenvalue weighted by Gasteiger charge is 2.07. The van der Waals surface area contributed by atoms with E-state index in [1.807, 2.05) is 23.0 Å². The molecule has 1 aromatic heterocycles. The van der Waals surface area contributed by atoms with Crippen molar-refractivity contribution in [1.29, 1.82) is 5.26 Å². The standard InChI is InChI=1S/C14H16N4/c1-11-13(3-2-8-15)10-17-18(11)14-6-4-12(9-16)5-7-14/h4-7,10H,2-3,8,15H2,1H3. The van der Waals surface area contributed by atoms with Crippen molar-refractivity contribution >= 4 is 0 Å². The first kappa shape index (κ1) is 12.3. The second-order valence-electron chi connectivity index (χ2n) is 4.22. The third-order valence-electron chi connectivity index (χ3n) is 3.00. The van der Waals surface area contributed by atoms with E-state index in [1.54, 1.807) is 12.1 Å². The van der Waals surface area contributed by atoms with Gasteiger partial charge in [-0.3, -0.25) is 0 Å². The summed E-state index contributed by atoms with van der Waals surface area (Å²) in [6.07, 6.45) is 3.82. The molecule has 1 heterocycles. The smallest absolute Gasteiger partial charge is 0.0991 e. The Morgan fingerprint density at radius 3 is 2.67 bits per heavy atom. The molecule has 4 nitrogen and oxygen atoms in total. The minimum atomic E-state index is 0.659. The molecule has 0 atom stereocenters. The van der Waals surface area contributed by atoms with Crippen molar-refractivity contribution in [2.24, 2.45) is 5.73 Å². The predicted molar refractivity (Wildman–Crippen MR) is 70.4 cm³/mol. The number of nitrogens with zero attached hydrogens (tertiary/aromatic N) is 3. The highest BCUT2D eigenvalue weighted by Crippen LogP contribution is 2.15. The van der Waals surface area contributed by atoms with Crippen LogP contribution in [0.4, 0.5) is 0 Å². The largest absolute Gasteiger partial charge is 0.330 e. The molecule has 18 heavy (non-hydrogen) atoms. The molecule has 1 aromatic carbocycles. The summed E-state index contributed by atoms with van der Waals surface area (Å²) in [5.41, 5.74) is 9.51. The van der Waals surface area contributed by atoms with Crippen LogP contribution in [-0.4, -0.2) is 16.3 Å². The lowest BCUT2D eigenvalue weighted by atomic mass is 10.1. The van der Waals surface area contributed by atoms with E-state index in [2.05, 4.69) is 18.1 Å². The predicted octanol–water partition coefficient (Wildman–Crippen LogP) is 1.94. The molecule has 0 aliphatic heterocycles. The quantitative estimate of drug-likeness (QED) is 0.888. The Morgan fingerprint density at radius 2 is 2.06 bits per heavy atom. The maximum Gasteiger partial charge on any atom is 0.0991 e. The van der Waals surface area contributed by atoms with Crippen LogP contribution in [-0.2, 0) is 6.42 Å². The van der Waals surface area contributed by atoms with Crippen LogP contribution >= 0.6 is 0 Å². The molecule has 2 aromatic rings. The van der Waals surface area contributed by atoms with Gasteiger partial charge in [-0.05, 0) is 56.1 Å². The first-order valence-electron chi connectivity index (χ1n) is 6.00. The summed E-state index contributed by atoms with van der Waals surface area (Å²) in [6.45, 7) is 2.75. The third kappa shape index (κ3) is 2.41. The van der Waals surface area contributed by atoms with E-state index in [0.29, 0.717) is 12.1 Å². The van der Waals surface area contributed by atoms with E-state index in [0.717, 1.165) is 24.2 Å². The summed E-state index contributed by atoms with van der Waals surface area (Å²) >= 11 is 0. The number of hydrogen-bond acceptors (Lipinski definition) is 3. The van der Waals surface area contributed by atoms with Crippen LogP contribution < -0.4 is 5.73 Å². The zero-order valence-corrected chi connectivity index (χ0v) is 10.4. The molecule has 0 unspecified atom stereocenters. The van der Waals surface area contributed by atoms with E-state index in [4.69, 9.17) is 11.0 Å². The Balaban J connectivity index is 2.27. The van der Waals surface area contributed by atoms with Crippen molar-refractivity contribution in [3.05, 3.63) is 47.3 Å². The molecule has 0 aliphatic carbocycles. The van der Waals surface area contributed by atoms with Gasteiger partial charge in [-0.1, -0.05) is 0 Å². The fraction of sp³-hybridized carbons (Fsp3) is 0.286. The zero-order valence-electron chi connectivity index (χ0n) is 10.4. The first-order chi connectivity index (χ1) is 8.76. The molecule has 0 saturated heterocycles. The molecule has 4 heteroatoms. The normalized spacial score (nSPS) is 10.3. The second kappa shape index (κ2) is 5.48. The lowest BCUT2D eigenvalue weighted by Crippen LogP contribution is -2.02. The number of nitriles is 1. The maximum absolute atomic E-state index is 8.77. The molecule has 0 spiro atoms. The Labute approximate surface area is 107 Å². The highest BCUT2D eigenvalue weighted by atomic mass is 15.3. The van der Waals surface area contributed by atoms with Gasteiger partial charge in [-0.2, -0.15) is 10.4 Å². The Bertz CT molecular complexity index is 560. The fourth-order valence-corrected chi connectivity index (χ4v) is 1.92. The van der Waals surface area contributed by atoms with Crippen LogP contribution in [0.2, 0.25) is 0 Å². The van der Waals surface area contributed by atoms with Gasteiger partial charge < -0.3 is 5.73 Å². The SMILES string of the molecule is Cc1c(CCCN)cnn1-c1ccc(C#N)cc1. The summed E-state index contributed by atoms with van der Waals surface area (Å²) in [4.78, 5) is 0. The summed E-state index contributed by atoms with van der Waals surface area (Å²) in [5, 5.41) is 13.2. The van der Waals surface area contributed by atoms with E-state index in [1.165, 1.54) is 5.56 Å². The molecule has 0 saturated carbocycles. The van der Waals surface area contributed by atoms with Crippen LogP contribution in [0.1, 0.15) is 23.2 Å². The molecule has 2 rings (SSSR count). The Morgan fingerprint density at radius 1 is 1.33 bits per heavy atom. The molecule has 0 bridgehead atoms. The average Bonchev–Trinajstić information content (AvgIpc) is 2.78. The highest BCUT2D eigenvalue weighted by molar-refractivity contribution is 5.40. The number of benzene rings is 1. The average molecular weight is 240 g/mol. The lowest BCUT2D eigenvalue weighted by Gasteiger charge is -2.05. The minimum Gasteiger partial charge on any atom is -0.330 e. The van der Waals surface area contributed by atoms with Gasteiger partial charge in [0.2, 0.25) is 0 Å². The van der Waals surface area contributed by atoms with Crippen molar-refractivity contribution in [2.75, 3.05) is 6.54 Å². The van der Waals surface area contributed by atoms with Gasteiger partial charge in [0.25, 0.3) is 0 Å². The topological polar surface area (TPSA) is 67.6 Å². The lowest BCUT2D eigenvalue weighted by molar-refractivity contribution is 0.815. The summed E-state index contributed by atoms with van der Waals surface area (Å²) in [5.74, 6) is 0. The molecule has 0 aliphatic rings. The van der Waals surface area contributed by atoms with Crippen LogP contribution in [0, 0.1) is 18.3 Å². The van der Waals surface area contributed by atoms with Gasteiger partial charge in [0.1, 0.15) is 0 Å². The van der Waals surface area contributed by atoms with Gasteiger partial charge in [0.15, 0.2) is 0 Å². The van der Waals surface area contributed by atoms with Gasteiger partial charge in [0.05, 0.1) is 23.5 Å². The summed E-state index contributed by atoms with van der Waals surface area (Å²) < 4.78 is 1.90. The molecular formula is C14H16N4. The summed E-state index contributed by atoms with van der Waals surface area (Å²) in [6, 6.07) is 9.53. The zero-order chi connectivity index (χ0) is 13.0. The molecule has 92 valence electrons. The van der Waals surface area contributed by atoms with Crippen molar-refractivity contribution < 1.29 is 0 Å². The Hall–Kier alpha value is -2.12. The van der Waals surface area contributed by atoms with Crippen LogP contribution in [0.5, 0.6) is 0 Å². The van der Waals surface area contributed by atoms with Gasteiger partial charge in [-0.25, -0.2) is 4.68 Å². The fourth-order valence-electron chi connectivity index (χ4n) is 1.92. The second-order valence-corrected chi connectivity index (χ2v) is 4.22. The Kier molecular flexibility index (Phi) is 3.75. The molecule has 0 amide bonds. The van der Waals surface area contributed by atoms with Gasteiger partial charge in [0, 0.05) is 5.69 Å². The van der Waals surface area contributed by atoms with Crippen molar-refractivity contribution in [2.45, 2.75) is 19.8 Å². The van der Waals surface area contributed by atoms with Crippen LogP contribution in [0.15, 0.2) is 30.5 Å². The van der Waals surface area contributed by atoms with Crippen molar-refractivity contribution in [1.82, 2.24) is 9.78 Å². The number of rotatable bonds is 4. The van der Waals surface area contributed by atoms with Gasteiger partial charge >= 0.3 is 0 Å². The summed E-state index contributed by atoms with van der Waals surface area (Å²) in [7, 11) is 0. The number of aromatic nitrogens is 2. The molecular weight excluding hydrogens is 224 g/mol. The van der Waals surface area contributed by atoms with Crippen LogP contribution in [0.25, 0.3) is 5.69 Å². The maximum atomic E-state index is 8.77. The van der Waals surface area contributed by atoms with Gasteiger partial charge in [-0.15, -0.1) is 0 Å². The molecule has 2 N–H and O–H groups in total. The van der Waals surface area contributed by atoms with E-state index < -0.39 is 0 Å². The molecule has 0 radical (unpaired) electrons. The van der Waals surface area contributed by atoms with Crippen molar-refractivity contribution in [3.8, 4) is 11.8 Å². The van der Waals surface area contributed by atoms with Crippen LogP contribution in [0.3, 0.4) is 0 Å².